The van der Waals surface area contributed by atoms with Gasteiger partial charge in [0.15, 0.2) is 0 Å². The summed E-state index contributed by atoms with van der Waals surface area (Å²) >= 11 is 0. The van der Waals surface area contributed by atoms with E-state index in [0.717, 1.165) is 13.1 Å². The first kappa shape index (κ1) is 23.9. The van der Waals surface area contributed by atoms with Crippen molar-refractivity contribution in [3.63, 3.8) is 0 Å². The molecule has 9 nitrogen and oxygen atoms in total. The zero-order chi connectivity index (χ0) is 17.8. The van der Waals surface area contributed by atoms with E-state index in [-0.39, 0.29) is 6.04 Å². The lowest BCUT2D eigenvalue weighted by molar-refractivity contribution is 0.353. The highest BCUT2D eigenvalue weighted by Crippen LogP contribution is 1.91. The molecule has 4 unspecified atom stereocenters. The summed E-state index contributed by atoms with van der Waals surface area (Å²) < 4.78 is 0. The predicted molar refractivity (Wildman–Crippen MR) is 94.6 cm³/mol. The first-order valence-corrected chi connectivity index (χ1v) is 7.79. The molecule has 0 aromatic heterocycles. The van der Waals surface area contributed by atoms with Crippen LogP contribution in [0.1, 0.15) is 27.2 Å². The van der Waals surface area contributed by atoms with Crippen LogP contribution in [0.15, 0.2) is 0 Å². The zero-order valence-electron chi connectivity index (χ0n) is 14.4. The van der Waals surface area contributed by atoms with E-state index in [2.05, 4.69) is 24.5 Å². The minimum Gasteiger partial charge on any atom is -0.330 e. The molecular weight excluding hydrogens is 282 g/mol. The number of hydrogen-bond acceptors (Lipinski definition) is 9. The maximum atomic E-state index is 5.62. The van der Waals surface area contributed by atoms with E-state index in [0.29, 0.717) is 31.6 Å². The van der Waals surface area contributed by atoms with Crippen molar-refractivity contribution >= 4 is 0 Å². The van der Waals surface area contributed by atoms with Crippen molar-refractivity contribution in [2.45, 2.75) is 57.1 Å². The van der Waals surface area contributed by atoms with Crippen LogP contribution in [0.4, 0.5) is 0 Å². The van der Waals surface area contributed by atoms with Crippen molar-refractivity contribution in [2.75, 3.05) is 26.2 Å². The quantitative estimate of drug-likeness (QED) is 0.182. The molecule has 0 spiro atoms. The molecule has 0 aliphatic carbocycles. The summed E-state index contributed by atoms with van der Waals surface area (Å²) in [6, 6.07) is 0.622. The van der Waals surface area contributed by atoms with Gasteiger partial charge in [-0.3, -0.25) is 17.2 Å². The molecular formula is C13H39N9. The molecule has 0 aliphatic heterocycles. The Kier molecular flexibility index (Phi) is 14.2. The Hall–Kier alpha value is -0.360. The van der Waals surface area contributed by atoms with Crippen LogP contribution >= 0.6 is 0 Å². The van der Waals surface area contributed by atoms with Crippen molar-refractivity contribution in [3.05, 3.63) is 0 Å². The predicted octanol–water partition coefficient (Wildman–Crippen LogP) is -3.56. The second kappa shape index (κ2) is 13.1. The van der Waals surface area contributed by atoms with Crippen LogP contribution in [0.2, 0.25) is 0 Å². The largest absolute Gasteiger partial charge is 0.330 e. The zero-order valence-corrected chi connectivity index (χ0v) is 14.4. The number of hydrogen-bond donors (Lipinski definition) is 9. The summed E-state index contributed by atoms with van der Waals surface area (Å²) in [7, 11) is 0. The highest BCUT2D eigenvalue weighted by atomic mass is 15.2. The van der Waals surface area contributed by atoms with Gasteiger partial charge >= 0.3 is 0 Å². The fourth-order valence-corrected chi connectivity index (χ4v) is 1.35. The third-order valence-electron chi connectivity index (χ3n) is 3.03. The highest BCUT2D eigenvalue weighted by Gasteiger charge is 2.20. The van der Waals surface area contributed by atoms with E-state index in [1.807, 2.05) is 6.92 Å². The molecule has 0 saturated heterocycles. The van der Waals surface area contributed by atoms with Gasteiger partial charge in [-0.05, 0) is 33.7 Å². The number of rotatable bonds is 10. The molecule has 0 fully saturated rings. The lowest BCUT2D eigenvalue weighted by Crippen LogP contribution is -2.69. The van der Waals surface area contributed by atoms with Crippen LogP contribution in [0.5, 0.6) is 0 Å². The highest BCUT2D eigenvalue weighted by molar-refractivity contribution is 4.82. The fourth-order valence-electron chi connectivity index (χ4n) is 1.35. The molecule has 136 valence electrons. The summed E-state index contributed by atoms with van der Waals surface area (Å²) in [5.74, 6) is -1.29. The minimum atomic E-state index is -1.29. The molecule has 0 rings (SSSR count). The smallest absolute Gasteiger partial charge is 0.131 e. The Labute approximate surface area is 135 Å². The third kappa shape index (κ3) is 16.0. The lowest BCUT2D eigenvalue weighted by atomic mass is 10.1. The molecule has 0 amide bonds. The van der Waals surface area contributed by atoms with E-state index in [9.17, 15) is 0 Å². The van der Waals surface area contributed by atoms with E-state index >= 15 is 0 Å². The molecule has 0 radical (unpaired) electrons. The monoisotopic (exact) mass is 321 g/mol. The summed E-state index contributed by atoms with van der Waals surface area (Å²) in [6.45, 7) is 9.14. The Morgan fingerprint density at radius 3 is 1.68 bits per heavy atom. The van der Waals surface area contributed by atoms with Crippen LogP contribution in [0.25, 0.3) is 0 Å². The lowest BCUT2D eigenvalue weighted by Gasteiger charge is -2.25. The Morgan fingerprint density at radius 2 is 1.36 bits per heavy atom. The van der Waals surface area contributed by atoms with Gasteiger partial charge in [-0.25, -0.2) is 0 Å². The molecule has 0 bridgehead atoms. The molecule has 0 saturated carbocycles. The van der Waals surface area contributed by atoms with Crippen LogP contribution in [0.3, 0.4) is 0 Å². The van der Waals surface area contributed by atoms with Gasteiger partial charge in [0, 0.05) is 37.8 Å². The van der Waals surface area contributed by atoms with E-state index in [1.54, 1.807) is 0 Å². The van der Waals surface area contributed by atoms with Crippen LogP contribution in [-0.2, 0) is 0 Å². The molecule has 0 aliphatic rings. The van der Waals surface area contributed by atoms with E-state index < -0.39 is 11.8 Å². The van der Waals surface area contributed by atoms with Crippen molar-refractivity contribution in [1.29, 1.82) is 0 Å². The Morgan fingerprint density at radius 1 is 0.864 bits per heavy atom. The third-order valence-corrected chi connectivity index (χ3v) is 3.03. The van der Waals surface area contributed by atoms with Gasteiger partial charge < -0.3 is 33.6 Å². The normalized spacial score (nSPS) is 17.2. The van der Waals surface area contributed by atoms with Crippen molar-refractivity contribution < 1.29 is 0 Å². The van der Waals surface area contributed by atoms with Crippen LogP contribution in [-0.4, -0.2) is 56.1 Å². The summed E-state index contributed by atoms with van der Waals surface area (Å²) in [5.41, 5.74) is 37.4. The van der Waals surface area contributed by atoms with Gasteiger partial charge in [0.25, 0.3) is 0 Å². The Bertz CT molecular complexity index is 242. The molecule has 0 aromatic carbocycles. The van der Waals surface area contributed by atoms with Gasteiger partial charge in [-0.1, -0.05) is 0 Å². The second-order valence-corrected chi connectivity index (χ2v) is 6.02. The van der Waals surface area contributed by atoms with E-state index in [4.69, 9.17) is 40.1 Å². The topological polar surface area (TPSA) is 206 Å². The molecule has 16 N–H and O–H groups in total. The standard InChI is InChI=1S/C9H24N4.C4H15N5/c1-7(11)5-12-9(3)6-13-8(2)4-10;5-2-1-3(6)4(7,8)9/h7-9,12-13H,4-6,10-11H2,1-3H3;3H,1-2,5-9H2. The molecule has 0 heterocycles. The molecule has 22 heavy (non-hydrogen) atoms. The molecule has 4 atom stereocenters. The van der Waals surface area contributed by atoms with Gasteiger partial charge in [0.05, 0.1) is 6.04 Å². The first-order valence-electron chi connectivity index (χ1n) is 7.79. The number of nitrogens with one attached hydrogen (secondary N) is 2. The van der Waals surface area contributed by atoms with Crippen molar-refractivity contribution in [2.24, 2.45) is 40.1 Å². The minimum absolute atomic E-state index is 0.217. The molecule has 0 aromatic rings. The molecule has 9 heteroatoms. The van der Waals surface area contributed by atoms with E-state index in [1.165, 1.54) is 0 Å². The number of nitrogens with two attached hydrogens (primary N) is 7. The maximum absolute atomic E-state index is 5.62. The maximum Gasteiger partial charge on any atom is 0.131 e. The van der Waals surface area contributed by atoms with Gasteiger partial charge in [-0.2, -0.15) is 0 Å². The summed E-state index contributed by atoms with van der Waals surface area (Å²) in [5, 5.41) is 6.66. The van der Waals surface area contributed by atoms with Gasteiger partial charge in [0.1, 0.15) is 5.79 Å². The van der Waals surface area contributed by atoms with Crippen LogP contribution in [0, 0.1) is 0 Å². The van der Waals surface area contributed by atoms with Crippen molar-refractivity contribution in [3.8, 4) is 0 Å². The average molecular weight is 322 g/mol. The van der Waals surface area contributed by atoms with Gasteiger partial charge in [0.2, 0.25) is 0 Å². The Balaban J connectivity index is 0. The fraction of sp³-hybridized carbons (Fsp3) is 1.00. The van der Waals surface area contributed by atoms with Crippen LogP contribution < -0.4 is 50.8 Å². The van der Waals surface area contributed by atoms with Gasteiger partial charge in [-0.15, -0.1) is 0 Å². The SMILES string of the molecule is CC(N)CNC(C)CNC(C)CN.NCCC(N)C(N)(N)N. The summed E-state index contributed by atoms with van der Waals surface area (Å²) in [4.78, 5) is 0. The average Bonchev–Trinajstić information content (AvgIpc) is 2.42. The first-order chi connectivity index (χ1) is 10.0. The summed E-state index contributed by atoms with van der Waals surface area (Å²) in [6.07, 6.45) is 0.545. The van der Waals surface area contributed by atoms with Crippen molar-refractivity contribution in [1.82, 2.24) is 10.6 Å². The second-order valence-electron chi connectivity index (χ2n) is 6.02.